The van der Waals surface area contributed by atoms with Crippen molar-refractivity contribution in [1.29, 1.82) is 0 Å². The van der Waals surface area contributed by atoms with Crippen LogP contribution in [0.25, 0.3) is 0 Å². The Hall–Kier alpha value is -0.350. The minimum atomic E-state index is -3.13. The largest absolute Gasteiger partial charge is 0.213 e. The maximum absolute atomic E-state index is 11.8. The lowest BCUT2D eigenvalue weighted by atomic mass is 9.47. The van der Waals surface area contributed by atoms with Gasteiger partial charge in [-0.05, 0) is 97.7 Å². The minimum absolute atomic E-state index is 0. The molecule has 0 aliphatic heterocycles. The van der Waals surface area contributed by atoms with Gasteiger partial charge in [0.2, 0.25) is 10.0 Å². The first kappa shape index (κ1) is 28.2. The van der Waals surface area contributed by atoms with E-state index in [-0.39, 0.29) is 10.3 Å². The van der Waals surface area contributed by atoms with Crippen molar-refractivity contribution in [2.75, 3.05) is 6.26 Å². The van der Waals surface area contributed by atoms with Gasteiger partial charge in [0, 0.05) is 10.3 Å². The monoisotopic (exact) mass is 499 g/mol. The van der Waals surface area contributed by atoms with E-state index in [1.807, 2.05) is 13.8 Å². The Morgan fingerprint density at radius 2 is 1.74 bits per heavy atom. The second kappa shape index (κ2) is 11.0. The van der Waals surface area contributed by atoms with Crippen molar-refractivity contribution in [3.63, 3.8) is 0 Å². The second-order valence-corrected chi connectivity index (χ2v) is 14.9. The van der Waals surface area contributed by atoms with E-state index < -0.39 is 10.0 Å². The lowest BCUT2D eigenvalue weighted by Gasteiger charge is -2.58. The highest BCUT2D eigenvalue weighted by Crippen LogP contribution is 2.67. The van der Waals surface area contributed by atoms with Crippen LogP contribution in [0.15, 0.2) is 11.6 Å². The molecule has 0 heterocycles. The fourth-order valence-electron chi connectivity index (χ4n) is 9.09. The Labute approximate surface area is 216 Å². The van der Waals surface area contributed by atoms with Crippen molar-refractivity contribution < 1.29 is 12.7 Å². The van der Waals surface area contributed by atoms with E-state index in [0.29, 0.717) is 10.8 Å². The van der Waals surface area contributed by atoms with Crippen molar-refractivity contribution in [3.8, 4) is 0 Å². The standard InChI is InChI=1S/C28H49NO2S.C2H6.3H2/c1-19(2)8-7-9-20(3)24-12-13-25-23-11-10-21-18-22(29-32(6,30)31)14-16-27(21,4)26(23)15-17-28(24,25)5;1-2;;;/h10,19-20,22-26,29H,7-9,11-18H2,1-6H3;1-2H3;3*1H/t20-,22+,23+,24-,25?,26?,27+,28-;;;;/m1..../s1. The summed E-state index contributed by atoms with van der Waals surface area (Å²) >= 11 is 0. The Bertz CT molecular complexity index is 833. The number of rotatable bonds is 7. The van der Waals surface area contributed by atoms with E-state index >= 15 is 0 Å². The fourth-order valence-corrected chi connectivity index (χ4v) is 9.90. The first-order valence-corrected chi connectivity index (χ1v) is 16.5. The van der Waals surface area contributed by atoms with Gasteiger partial charge in [0.1, 0.15) is 0 Å². The number of hydrogen-bond donors (Lipinski definition) is 1. The molecule has 0 aromatic carbocycles. The molecule has 3 saturated carbocycles. The second-order valence-electron chi connectivity index (χ2n) is 13.1. The van der Waals surface area contributed by atoms with E-state index in [1.165, 1.54) is 57.6 Å². The van der Waals surface area contributed by atoms with Crippen LogP contribution in [-0.2, 0) is 10.0 Å². The summed E-state index contributed by atoms with van der Waals surface area (Å²) in [7, 11) is -3.13. The summed E-state index contributed by atoms with van der Waals surface area (Å²) in [5.41, 5.74) is 2.39. The lowest BCUT2D eigenvalue weighted by Crippen LogP contribution is -2.52. The van der Waals surface area contributed by atoms with Crippen LogP contribution in [0.5, 0.6) is 0 Å². The molecule has 2 unspecified atom stereocenters. The molecule has 34 heavy (non-hydrogen) atoms. The third-order valence-corrected chi connectivity index (χ3v) is 11.4. The third-order valence-electron chi connectivity index (χ3n) is 10.7. The molecule has 4 aliphatic rings. The Balaban J connectivity index is 0.00000253. The van der Waals surface area contributed by atoms with Crippen LogP contribution in [0.3, 0.4) is 0 Å². The number of sulfonamides is 1. The smallest absolute Gasteiger partial charge is 0.208 e. The van der Waals surface area contributed by atoms with E-state index in [9.17, 15) is 8.42 Å². The number of allylic oxidation sites excluding steroid dienone is 1. The molecule has 0 aromatic heterocycles. The molecule has 0 radical (unpaired) electrons. The molecule has 4 rings (SSSR count). The zero-order chi connectivity index (χ0) is 25.3. The molecule has 1 N–H and O–H groups in total. The first-order chi connectivity index (χ1) is 15.9. The van der Waals surface area contributed by atoms with Gasteiger partial charge in [-0.2, -0.15) is 0 Å². The Kier molecular flexibility index (Phi) is 9.09. The van der Waals surface area contributed by atoms with Crippen LogP contribution < -0.4 is 4.72 Å². The molecule has 0 saturated heterocycles. The van der Waals surface area contributed by atoms with Crippen molar-refractivity contribution >= 4 is 10.0 Å². The molecule has 0 amide bonds. The summed E-state index contributed by atoms with van der Waals surface area (Å²) in [6.45, 7) is 16.5. The van der Waals surface area contributed by atoms with Gasteiger partial charge in [0.05, 0.1) is 6.26 Å². The molecular formula is C30H61NO2S. The highest BCUT2D eigenvalue weighted by atomic mass is 32.2. The molecule has 0 aromatic rings. The van der Waals surface area contributed by atoms with Crippen molar-refractivity contribution in [2.45, 2.75) is 125 Å². The molecule has 0 bridgehead atoms. The van der Waals surface area contributed by atoms with Crippen molar-refractivity contribution in [2.24, 2.45) is 46.3 Å². The highest BCUT2D eigenvalue weighted by molar-refractivity contribution is 7.88. The average Bonchev–Trinajstić information content (AvgIpc) is 3.11. The van der Waals surface area contributed by atoms with Crippen LogP contribution in [0.4, 0.5) is 0 Å². The van der Waals surface area contributed by atoms with Crippen molar-refractivity contribution in [1.82, 2.24) is 4.72 Å². The summed E-state index contributed by atoms with van der Waals surface area (Å²) in [5.74, 6) is 5.14. The predicted octanol–water partition coefficient (Wildman–Crippen LogP) is 8.71. The van der Waals surface area contributed by atoms with Crippen LogP contribution in [-0.4, -0.2) is 20.7 Å². The third kappa shape index (κ3) is 5.63. The van der Waals surface area contributed by atoms with Gasteiger partial charge in [-0.1, -0.05) is 79.4 Å². The summed E-state index contributed by atoms with van der Waals surface area (Å²) in [5, 5.41) is 0. The summed E-state index contributed by atoms with van der Waals surface area (Å²) in [4.78, 5) is 0. The van der Waals surface area contributed by atoms with Gasteiger partial charge in [-0.15, -0.1) is 0 Å². The summed E-state index contributed by atoms with van der Waals surface area (Å²) in [6, 6.07) is 0.0947. The quantitative estimate of drug-likeness (QED) is 0.356. The molecule has 3 fully saturated rings. The molecule has 0 spiro atoms. The number of hydrogen-bond acceptors (Lipinski definition) is 2. The number of nitrogens with one attached hydrogen (secondary N) is 1. The zero-order valence-corrected chi connectivity index (χ0v) is 24.4. The fraction of sp³-hybridized carbons (Fsp3) is 0.933. The van der Waals surface area contributed by atoms with Crippen LogP contribution >= 0.6 is 0 Å². The SMILES string of the molecule is CC.CC(C)CCC[C@@H](C)[C@H]1CCC2[C@@H]3CC=C4C[C@@H](NS(C)(=O)=O)CC[C@]4(C)C3CC[C@@]21C.[HH].[HH].[HH]. The number of fused-ring (bicyclic) bond motifs is 5. The zero-order valence-electron chi connectivity index (χ0n) is 23.6. The van der Waals surface area contributed by atoms with Gasteiger partial charge in [0.25, 0.3) is 0 Å². The van der Waals surface area contributed by atoms with Gasteiger partial charge < -0.3 is 0 Å². The van der Waals surface area contributed by atoms with Gasteiger partial charge in [-0.3, -0.25) is 0 Å². The summed E-state index contributed by atoms with van der Waals surface area (Å²) in [6.07, 6.45) is 18.0. The first-order valence-electron chi connectivity index (χ1n) is 14.6. The molecule has 204 valence electrons. The minimum Gasteiger partial charge on any atom is -0.213 e. The molecule has 3 nitrogen and oxygen atoms in total. The van der Waals surface area contributed by atoms with Crippen molar-refractivity contribution in [3.05, 3.63) is 11.6 Å². The maximum Gasteiger partial charge on any atom is 0.208 e. The van der Waals surface area contributed by atoms with E-state index in [2.05, 4.69) is 45.4 Å². The van der Waals surface area contributed by atoms with Crippen LogP contribution in [0, 0.1) is 46.3 Å². The Morgan fingerprint density at radius 3 is 2.38 bits per heavy atom. The predicted molar refractivity (Wildman–Crippen MR) is 153 cm³/mol. The van der Waals surface area contributed by atoms with Gasteiger partial charge in [0.15, 0.2) is 0 Å². The molecule has 4 aliphatic carbocycles. The summed E-state index contributed by atoms with van der Waals surface area (Å²) < 4.78 is 26.5. The molecular weight excluding hydrogens is 438 g/mol. The lowest BCUT2D eigenvalue weighted by molar-refractivity contribution is -0.0511. The average molecular weight is 500 g/mol. The molecule has 8 atom stereocenters. The maximum atomic E-state index is 11.8. The van der Waals surface area contributed by atoms with E-state index in [1.54, 1.807) is 5.57 Å². The van der Waals surface area contributed by atoms with Crippen LogP contribution in [0.1, 0.15) is 123 Å². The topological polar surface area (TPSA) is 46.2 Å². The van der Waals surface area contributed by atoms with Gasteiger partial charge >= 0.3 is 0 Å². The van der Waals surface area contributed by atoms with E-state index in [0.717, 1.165) is 54.8 Å². The molecule has 4 heteroatoms. The van der Waals surface area contributed by atoms with Crippen LogP contribution in [0.2, 0.25) is 0 Å². The van der Waals surface area contributed by atoms with Gasteiger partial charge in [-0.25, -0.2) is 13.1 Å². The Morgan fingerprint density at radius 1 is 1.03 bits per heavy atom. The van der Waals surface area contributed by atoms with E-state index in [4.69, 9.17) is 0 Å². The normalized spacial score (nSPS) is 40.4. The highest BCUT2D eigenvalue weighted by Gasteiger charge is 2.59.